The number of allylic oxidation sites excluding steroid dienone is 1. The Kier molecular flexibility index (Phi) is 13.9. The number of halogens is 3. The molecule has 0 unspecified atom stereocenters. The number of rotatable bonds is 8. The van der Waals surface area contributed by atoms with E-state index in [1.165, 1.54) is 30.8 Å². The summed E-state index contributed by atoms with van der Waals surface area (Å²) in [5, 5.41) is 12.4. The van der Waals surface area contributed by atoms with E-state index in [1.807, 2.05) is 6.07 Å². The Morgan fingerprint density at radius 1 is 1.11 bits per heavy atom. The summed E-state index contributed by atoms with van der Waals surface area (Å²) in [7, 11) is -3.19. The number of carbonyl (C=O) groups is 2. The summed E-state index contributed by atoms with van der Waals surface area (Å²) in [6.07, 6.45) is 0.0381. The molecule has 0 bridgehead atoms. The van der Waals surface area contributed by atoms with E-state index in [4.69, 9.17) is 21.4 Å². The molecule has 9 nitrogen and oxygen atoms in total. The topological polar surface area (TPSA) is 156 Å². The molecule has 0 saturated carbocycles. The first-order valence-electron chi connectivity index (χ1n) is 14.5. The van der Waals surface area contributed by atoms with E-state index in [0.29, 0.717) is 43.1 Å². The number of hydrogen-bond acceptors (Lipinski definition) is 7. The van der Waals surface area contributed by atoms with Gasteiger partial charge in [-0.2, -0.15) is 13.2 Å². The van der Waals surface area contributed by atoms with Gasteiger partial charge in [0.05, 0.1) is 17.0 Å². The van der Waals surface area contributed by atoms with Crippen molar-refractivity contribution in [1.29, 1.82) is 0 Å². The normalized spacial score (nSPS) is 16.1. The Morgan fingerprint density at radius 2 is 1.66 bits per heavy atom. The fourth-order valence-electron chi connectivity index (χ4n) is 4.84. The summed E-state index contributed by atoms with van der Waals surface area (Å²) in [6, 6.07) is 5.90. The Morgan fingerprint density at radius 3 is 2.09 bits per heavy atom. The molecule has 246 valence electrons. The highest BCUT2D eigenvalue weighted by Gasteiger charge is 2.38. The number of carboxylic acids is 1. The smallest absolute Gasteiger partial charge is 0.475 e. The SMILES string of the molecule is C1CCNC1.C=C(c1cc(-c2csc(CC(C)C)c2)cc(C(N)=O)c1N)C1CCN(S(=O)(=O)CC)CC1.O=C(O)C(F)(F)F. The standard InChI is InChI=1S/C24H33N3O3S2.C4H9N.C2HF3O2/c1-5-32(29,30)27-8-6-17(7-9-27)16(4)21-12-18(13-22(23(21)25)24(26)28)19-11-20(31-14-19)10-15(2)3;1-2-4-5-3-1;3-2(4,5)1(6)7/h11-15,17H,4-10,25H2,1-3H3,(H2,26,28);5H,1-4H2;(H,6,7). The van der Waals surface area contributed by atoms with Crippen LogP contribution in [0.2, 0.25) is 0 Å². The van der Waals surface area contributed by atoms with Crippen LogP contribution in [0.4, 0.5) is 18.9 Å². The van der Waals surface area contributed by atoms with Gasteiger partial charge in [0, 0.05) is 23.5 Å². The zero-order valence-corrected chi connectivity index (χ0v) is 27.0. The molecule has 2 aliphatic heterocycles. The number of nitrogens with two attached hydrogens (primary N) is 2. The fourth-order valence-corrected chi connectivity index (χ4v) is 7.08. The third-order valence-electron chi connectivity index (χ3n) is 7.29. The van der Waals surface area contributed by atoms with Crippen molar-refractivity contribution in [2.75, 3.05) is 37.7 Å². The number of carboxylic acid groups (broad SMARTS) is 1. The molecule has 2 aliphatic rings. The molecule has 0 spiro atoms. The number of benzene rings is 1. The van der Waals surface area contributed by atoms with E-state index >= 15 is 0 Å². The molecule has 14 heteroatoms. The van der Waals surface area contributed by atoms with Gasteiger partial charge in [-0.1, -0.05) is 20.4 Å². The van der Waals surface area contributed by atoms with E-state index in [2.05, 4.69) is 37.2 Å². The van der Waals surface area contributed by atoms with Crippen LogP contribution in [-0.4, -0.2) is 67.8 Å². The van der Waals surface area contributed by atoms with Gasteiger partial charge in [-0.3, -0.25) is 4.79 Å². The van der Waals surface area contributed by atoms with Gasteiger partial charge < -0.3 is 21.9 Å². The Labute approximate surface area is 261 Å². The molecule has 2 aromatic rings. The molecule has 2 saturated heterocycles. The van der Waals surface area contributed by atoms with Gasteiger partial charge >= 0.3 is 12.1 Å². The first kappa shape index (κ1) is 37.2. The van der Waals surface area contributed by atoms with E-state index in [0.717, 1.165) is 28.7 Å². The van der Waals surface area contributed by atoms with E-state index < -0.39 is 28.1 Å². The fraction of sp³-hybridized carbons (Fsp3) is 0.533. The first-order chi connectivity index (χ1) is 20.5. The number of primary amides is 1. The monoisotopic (exact) mass is 660 g/mol. The number of nitrogen functional groups attached to an aromatic ring is 1. The molecule has 1 aromatic carbocycles. The Hall–Kier alpha value is -2.94. The van der Waals surface area contributed by atoms with Crippen molar-refractivity contribution in [3.05, 3.63) is 46.2 Å². The van der Waals surface area contributed by atoms with Gasteiger partial charge in [0.2, 0.25) is 10.0 Å². The molecule has 0 atom stereocenters. The largest absolute Gasteiger partial charge is 0.490 e. The van der Waals surface area contributed by atoms with Gasteiger partial charge in [-0.05, 0) is 104 Å². The van der Waals surface area contributed by atoms with Crippen molar-refractivity contribution in [2.24, 2.45) is 17.6 Å². The maximum Gasteiger partial charge on any atom is 0.490 e. The molecule has 1 aromatic heterocycles. The molecule has 2 fully saturated rings. The predicted molar refractivity (Wildman–Crippen MR) is 170 cm³/mol. The average Bonchev–Trinajstić information content (AvgIpc) is 3.68. The van der Waals surface area contributed by atoms with Crippen LogP contribution in [0, 0.1) is 11.8 Å². The van der Waals surface area contributed by atoms with Crippen LogP contribution in [-0.2, 0) is 21.2 Å². The summed E-state index contributed by atoms with van der Waals surface area (Å²) in [6.45, 7) is 13.8. The lowest BCUT2D eigenvalue weighted by Gasteiger charge is -2.32. The number of nitrogens with one attached hydrogen (secondary N) is 1. The van der Waals surface area contributed by atoms with Crippen molar-refractivity contribution in [3.8, 4) is 11.1 Å². The number of anilines is 1. The van der Waals surface area contributed by atoms with Gasteiger partial charge in [-0.15, -0.1) is 11.3 Å². The molecule has 44 heavy (non-hydrogen) atoms. The first-order valence-corrected chi connectivity index (χ1v) is 17.0. The zero-order chi connectivity index (χ0) is 33.2. The third kappa shape index (κ3) is 10.9. The number of nitrogens with zero attached hydrogens (tertiary/aromatic N) is 1. The minimum Gasteiger partial charge on any atom is -0.475 e. The van der Waals surface area contributed by atoms with Gasteiger partial charge in [0.15, 0.2) is 0 Å². The van der Waals surface area contributed by atoms with Crippen LogP contribution in [0.1, 0.15) is 67.3 Å². The van der Waals surface area contributed by atoms with Crippen molar-refractivity contribution >= 4 is 44.5 Å². The van der Waals surface area contributed by atoms with Crippen LogP contribution < -0.4 is 16.8 Å². The minimum absolute atomic E-state index is 0.0931. The zero-order valence-electron chi connectivity index (χ0n) is 25.4. The van der Waals surface area contributed by atoms with E-state index in [-0.39, 0.29) is 11.7 Å². The van der Waals surface area contributed by atoms with Crippen LogP contribution in [0.25, 0.3) is 16.7 Å². The molecule has 4 rings (SSSR count). The molecule has 3 heterocycles. The van der Waals surface area contributed by atoms with Crippen LogP contribution in [0.3, 0.4) is 0 Å². The van der Waals surface area contributed by atoms with Crippen molar-refractivity contribution < 1.29 is 36.3 Å². The van der Waals surface area contributed by atoms with Crippen LogP contribution >= 0.6 is 11.3 Å². The number of carbonyl (C=O) groups excluding carboxylic acids is 1. The highest BCUT2D eigenvalue weighted by atomic mass is 32.2. The van der Waals surface area contributed by atoms with Crippen molar-refractivity contribution in [2.45, 2.75) is 59.1 Å². The van der Waals surface area contributed by atoms with E-state index in [9.17, 15) is 26.4 Å². The lowest BCUT2D eigenvalue weighted by atomic mass is 9.84. The third-order valence-corrected chi connectivity index (χ3v) is 10.1. The number of sulfonamides is 1. The van der Waals surface area contributed by atoms with Gasteiger partial charge in [-0.25, -0.2) is 17.5 Å². The highest BCUT2D eigenvalue weighted by Crippen LogP contribution is 2.38. The second-order valence-electron chi connectivity index (χ2n) is 11.1. The number of piperidine rings is 1. The van der Waals surface area contributed by atoms with E-state index in [1.54, 1.807) is 28.6 Å². The molecule has 0 aliphatic carbocycles. The number of aliphatic carboxylic acids is 1. The average molecular weight is 661 g/mol. The summed E-state index contributed by atoms with van der Waals surface area (Å²) < 4.78 is 57.6. The quantitative estimate of drug-likeness (QED) is 0.277. The van der Waals surface area contributed by atoms with Crippen molar-refractivity contribution in [1.82, 2.24) is 9.62 Å². The molecule has 6 N–H and O–H groups in total. The number of hydrogen-bond donors (Lipinski definition) is 4. The second kappa shape index (κ2) is 16.4. The summed E-state index contributed by atoms with van der Waals surface area (Å²) in [5.74, 6) is -2.57. The summed E-state index contributed by atoms with van der Waals surface area (Å²) in [5.41, 5.74) is 16.1. The number of thiophene rings is 1. The summed E-state index contributed by atoms with van der Waals surface area (Å²) in [4.78, 5) is 22.3. The number of alkyl halides is 3. The molecule has 1 amide bonds. The molecular formula is C30H43F3N4O5S2. The summed E-state index contributed by atoms with van der Waals surface area (Å²) >= 11 is 1.71. The van der Waals surface area contributed by atoms with Gasteiger partial charge in [0.1, 0.15) is 0 Å². The predicted octanol–water partition coefficient (Wildman–Crippen LogP) is 5.37. The maximum absolute atomic E-state index is 12.2. The minimum atomic E-state index is -5.08. The van der Waals surface area contributed by atoms with Gasteiger partial charge in [0.25, 0.3) is 5.91 Å². The van der Waals surface area contributed by atoms with Crippen LogP contribution in [0.5, 0.6) is 0 Å². The lowest BCUT2D eigenvalue weighted by molar-refractivity contribution is -0.192. The van der Waals surface area contributed by atoms with Crippen LogP contribution in [0.15, 0.2) is 30.2 Å². The molecular weight excluding hydrogens is 617 g/mol. The Bertz CT molecular complexity index is 1390. The lowest BCUT2D eigenvalue weighted by Crippen LogP contribution is -2.39. The number of amides is 1. The Balaban J connectivity index is 0.000000469. The highest BCUT2D eigenvalue weighted by molar-refractivity contribution is 7.89. The molecule has 0 radical (unpaired) electrons. The second-order valence-corrected chi connectivity index (χ2v) is 14.4. The van der Waals surface area contributed by atoms with Crippen molar-refractivity contribution in [3.63, 3.8) is 0 Å². The maximum atomic E-state index is 12.2.